The van der Waals surface area contributed by atoms with Crippen molar-refractivity contribution in [3.05, 3.63) is 35.9 Å². The van der Waals surface area contributed by atoms with Crippen LogP contribution in [0.5, 0.6) is 0 Å². The standard InChI is InChI=1S/C14H18N2O/c1-2-10-8-12(10)16-9-15-13(14(16)17)11-6-4-3-5-7-11/h3-7,10,12-13,15H,2,8-9H2,1H3. The van der Waals surface area contributed by atoms with E-state index in [9.17, 15) is 4.79 Å². The third kappa shape index (κ3) is 1.84. The molecule has 0 radical (unpaired) electrons. The zero-order chi connectivity index (χ0) is 11.8. The maximum absolute atomic E-state index is 12.3. The molecule has 1 heterocycles. The Morgan fingerprint density at radius 3 is 2.76 bits per heavy atom. The third-order valence-electron chi connectivity index (χ3n) is 3.94. The van der Waals surface area contributed by atoms with Crippen molar-refractivity contribution in [2.75, 3.05) is 6.67 Å². The first-order valence-corrected chi connectivity index (χ1v) is 6.40. The molecule has 1 N–H and O–H groups in total. The van der Waals surface area contributed by atoms with E-state index < -0.39 is 0 Å². The number of nitrogens with one attached hydrogen (secondary N) is 1. The Bertz CT molecular complexity index is 417. The lowest BCUT2D eigenvalue weighted by Crippen LogP contribution is -2.30. The van der Waals surface area contributed by atoms with Crippen LogP contribution in [0.25, 0.3) is 0 Å². The van der Waals surface area contributed by atoms with E-state index >= 15 is 0 Å². The molecule has 3 unspecified atom stereocenters. The van der Waals surface area contributed by atoms with Crippen molar-refractivity contribution >= 4 is 5.91 Å². The monoisotopic (exact) mass is 230 g/mol. The molecule has 0 spiro atoms. The normalized spacial score (nSPS) is 31.9. The van der Waals surface area contributed by atoms with Crippen LogP contribution in [0, 0.1) is 5.92 Å². The van der Waals surface area contributed by atoms with Gasteiger partial charge < -0.3 is 4.90 Å². The first kappa shape index (κ1) is 10.8. The highest BCUT2D eigenvalue weighted by molar-refractivity contribution is 5.85. The van der Waals surface area contributed by atoms with Gasteiger partial charge in [-0.05, 0) is 17.9 Å². The summed E-state index contributed by atoms with van der Waals surface area (Å²) in [6.07, 6.45) is 2.37. The Labute approximate surface area is 102 Å². The van der Waals surface area contributed by atoms with E-state index in [-0.39, 0.29) is 11.9 Å². The van der Waals surface area contributed by atoms with Gasteiger partial charge in [0, 0.05) is 6.04 Å². The number of rotatable bonds is 3. The fourth-order valence-electron chi connectivity index (χ4n) is 2.76. The topological polar surface area (TPSA) is 32.3 Å². The van der Waals surface area contributed by atoms with Gasteiger partial charge >= 0.3 is 0 Å². The minimum absolute atomic E-state index is 0.130. The summed E-state index contributed by atoms with van der Waals surface area (Å²) in [4.78, 5) is 14.3. The molecule has 17 heavy (non-hydrogen) atoms. The Morgan fingerprint density at radius 2 is 2.12 bits per heavy atom. The maximum atomic E-state index is 12.3. The van der Waals surface area contributed by atoms with Crippen LogP contribution in [0.15, 0.2) is 30.3 Å². The van der Waals surface area contributed by atoms with Crippen molar-refractivity contribution < 1.29 is 4.79 Å². The average Bonchev–Trinajstić information content (AvgIpc) is 3.06. The number of nitrogens with zero attached hydrogens (tertiary/aromatic N) is 1. The van der Waals surface area contributed by atoms with Gasteiger partial charge in [-0.2, -0.15) is 0 Å². The van der Waals surface area contributed by atoms with E-state index in [0.29, 0.717) is 12.7 Å². The molecule has 1 aliphatic carbocycles. The van der Waals surface area contributed by atoms with Gasteiger partial charge in [0.25, 0.3) is 0 Å². The molecule has 0 aromatic heterocycles. The summed E-state index contributed by atoms with van der Waals surface area (Å²) in [5.74, 6) is 0.979. The fraction of sp³-hybridized carbons (Fsp3) is 0.500. The summed E-state index contributed by atoms with van der Waals surface area (Å²) in [6.45, 7) is 2.91. The van der Waals surface area contributed by atoms with E-state index in [1.807, 2.05) is 35.2 Å². The summed E-state index contributed by atoms with van der Waals surface area (Å²) in [6, 6.07) is 10.3. The average molecular weight is 230 g/mol. The zero-order valence-electron chi connectivity index (χ0n) is 10.1. The molecule has 2 fully saturated rings. The Morgan fingerprint density at radius 1 is 1.35 bits per heavy atom. The number of hydrogen-bond acceptors (Lipinski definition) is 2. The first-order chi connectivity index (χ1) is 8.31. The van der Waals surface area contributed by atoms with Gasteiger partial charge in [0.15, 0.2) is 0 Å². The summed E-state index contributed by atoms with van der Waals surface area (Å²) >= 11 is 0. The minimum Gasteiger partial charge on any atom is -0.325 e. The molecule has 2 aliphatic rings. The largest absolute Gasteiger partial charge is 0.325 e. The summed E-state index contributed by atoms with van der Waals surface area (Å²) in [5.41, 5.74) is 1.08. The zero-order valence-corrected chi connectivity index (χ0v) is 10.1. The van der Waals surface area contributed by atoms with Crippen molar-refractivity contribution in [1.29, 1.82) is 0 Å². The molecule has 1 aliphatic heterocycles. The highest BCUT2D eigenvalue weighted by Gasteiger charge is 2.46. The van der Waals surface area contributed by atoms with E-state index in [2.05, 4.69) is 12.2 Å². The van der Waals surface area contributed by atoms with Gasteiger partial charge in [-0.3, -0.25) is 10.1 Å². The predicted molar refractivity (Wildman–Crippen MR) is 66.2 cm³/mol. The predicted octanol–water partition coefficient (Wildman–Crippen LogP) is 1.92. The van der Waals surface area contributed by atoms with Crippen LogP contribution >= 0.6 is 0 Å². The van der Waals surface area contributed by atoms with Crippen LogP contribution in [-0.2, 0) is 4.79 Å². The van der Waals surface area contributed by atoms with E-state index in [4.69, 9.17) is 0 Å². The van der Waals surface area contributed by atoms with Gasteiger partial charge in [0.1, 0.15) is 6.04 Å². The van der Waals surface area contributed by atoms with Gasteiger partial charge in [0.05, 0.1) is 6.67 Å². The first-order valence-electron chi connectivity index (χ1n) is 6.40. The Kier molecular flexibility index (Phi) is 2.63. The quantitative estimate of drug-likeness (QED) is 0.860. The van der Waals surface area contributed by atoms with Crippen LogP contribution < -0.4 is 5.32 Å². The van der Waals surface area contributed by atoms with Crippen LogP contribution in [0.2, 0.25) is 0 Å². The van der Waals surface area contributed by atoms with Gasteiger partial charge in [-0.15, -0.1) is 0 Å². The van der Waals surface area contributed by atoms with E-state index in [1.54, 1.807) is 0 Å². The van der Waals surface area contributed by atoms with Crippen molar-refractivity contribution in [1.82, 2.24) is 10.2 Å². The van der Waals surface area contributed by atoms with Crippen molar-refractivity contribution in [3.8, 4) is 0 Å². The number of carbonyl (C=O) groups excluding carboxylic acids is 1. The van der Waals surface area contributed by atoms with E-state index in [1.165, 1.54) is 12.8 Å². The molecule has 1 aromatic carbocycles. The van der Waals surface area contributed by atoms with Crippen LogP contribution in [0.1, 0.15) is 31.4 Å². The molecule has 1 saturated heterocycles. The van der Waals surface area contributed by atoms with Gasteiger partial charge in [-0.25, -0.2) is 0 Å². The van der Waals surface area contributed by atoms with Crippen molar-refractivity contribution in [2.24, 2.45) is 5.92 Å². The second-order valence-electron chi connectivity index (χ2n) is 4.99. The number of hydrogen-bond donors (Lipinski definition) is 1. The molecule has 3 rings (SSSR count). The highest BCUT2D eigenvalue weighted by atomic mass is 16.2. The molecule has 1 saturated carbocycles. The van der Waals surface area contributed by atoms with Crippen LogP contribution in [0.4, 0.5) is 0 Å². The molecular weight excluding hydrogens is 212 g/mol. The summed E-state index contributed by atoms with van der Waals surface area (Å²) < 4.78 is 0. The van der Waals surface area contributed by atoms with Gasteiger partial charge in [0.2, 0.25) is 5.91 Å². The van der Waals surface area contributed by atoms with Crippen molar-refractivity contribution in [2.45, 2.75) is 31.8 Å². The number of carbonyl (C=O) groups is 1. The molecular formula is C14H18N2O. The van der Waals surface area contributed by atoms with Gasteiger partial charge in [-0.1, -0.05) is 43.7 Å². The van der Waals surface area contributed by atoms with Crippen LogP contribution in [0.3, 0.4) is 0 Å². The highest BCUT2D eigenvalue weighted by Crippen LogP contribution is 2.40. The lowest BCUT2D eigenvalue weighted by molar-refractivity contribution is -0.129. The smallest absolute Gasteiger partial charge is 0.245 e. The summed E-state index contributed by atoms with van der Waals surface area (Å²) in [5, 5.41) is 3.32. The minimum atomic E-state index is -0.130. The Balaban J connectivity index is 1.73. The van der Waals surface area contributed by atoms with Crippen molar-refractivity contribution in [3.63, 3.8) is 0 Å². The summed E-state index contributed by atoms with van der Waals surface area (Å²) in [7, 11) is 0. The SMILES string of the molecule is CCC1CC1N1CNC(c2ccccc2)C1=O. The third-order valence-corrected chi connectivity index (χ3v) is 3.94. The Hall–Kier alpha value is -1.35. The number of amides is 1. The maximum Gasteiger partial charge on any atom is 0.245 e. The van der Waals surface area contributed by atoms with E-state index in [0.717, 1.165) is 11.5 Å². The molecule has 3 heteroatoms. The lowest BCUT2D eigenvalue weighted by atomic mass is 10.1. The van der Waals surface area contributed by atoms with Crippen LogP contribution in [-0.4, -0.2) is 23.5 Å². The molecule has 3 nitrogen and oxygen atoms in total. The second-order valence-corrected chi connectivity index (χ2v) is 4.99. The second kappa shape index (κ2) is 4.15. The molecule has 0 bridgehead atoms. The molecule has 90 valence electrons. The molecule has 1 aromatic rings. The molecule has 1 amide bonds. The lowest BCUT2D eigenvalue weighted by Gasteiger charge is -2.15. The number of benzene rings is 1. The molecule has 3 atom stereocenters. The fourth-order valence-corrected chi connectivity index (χ4v) is 2.76.